The van der Waals surface area contributed by atoms with Gasteiger partial charge in [-0.05, 0) is 6.42 Å². The zero-order valence-electron chi connectivity index (χ0n) is 8.37. The first-order valence-electron chi connectivity index (χ1n) is 4.38. The van der Waals surface area contributed by atoms with Gasteiger partial charge in [0.15, 0.2) is 8.62 Å². The Morgan fingerprint density at radius 2 is 1.94 bits per heavy atom. The van der Waals surface area contributed by atoms with E-state index in [1.165, 1.54) is 0 Å². The molecular formula is C5H10O9P3+3. The van der Waals surface area contributed by atoms with E-state index in [9.17, 15) is 18.8 Å². The van der Waals surface area contributed by atoms with Crippen LogP contribution in [0.5, 0.6) is 0 Å². The van der Waals surface area contributed by atoms with Gasteiger partial charge < -0.3 is 9.84 Å². The molecule has 1 aliphatic heterocycles. The minimum atomic E-state index is -3.10. The molecule has 2 N–H and O–H groups in total. The van der Waals surface area contributed by atoms with E-state index >= 15 is 0 Å². The quantitative estimate of drug-likeness (QED) is 0.665. The van der Waals surface area contributed by atoms with Crippen LogP contribution < -0.4 is 0 Å². The maximum Gasteiger partial charge on any atom is 0.798 e. The van der Waals surface area contributed by atoms with Crippen molar-refractivity contribution in [3.63, 3.8) is 0 Å². The average Bonchev–Trinajstić information content (AvgIpc) is 2.59. The van der Waals surface area contributed by atoms with Crippen molar-refractivity contribution in [1.29, 1.82) is 0 Å². The molecule has 0 aromatic heterocycles. The van der Waals surface area contributed by atoms with Crippen LogP contribution in [0, 0.1) is 0 Å². The van der Waals surface area contributed by atoms with Gasteiger partial charge >= 0.3 is 24.8 Å². The van der Waals surface area contributed by atoms with Gasteiger partial charge in [-0.3, -0.25) is 0 Å². The normalized spacial score (nSPS) is 26.8. The molecule has 0 aromatic rings. The third-order valence-electron chi connectivity index (χ3n) is 1.79. The summed E-state index contributed by atoms with van der Waals surface area (Å²) >= 11 is 0. The summed E-state index contributed by atoms with van der Waals surface area (Å²) in [6.07, 6.45) is -0.880. The highest BCUT2D eigenvalue weighted by Crippen LogP contribution is 2.45. The van der Waals surface area contributed by atoms with E-state index in [4.69, 9.17) is 9.63 Å². The highest BCUT2D eigenvalue weighted by Gasteiger charge is 2.48. The van der Waals surface area contributed by atoms with Crippen LogP contribution in [0.3, 0.4) is 0 Å². The van der Waals surface area contributed by atoms with Gasteiger partial charge in [-0.1, -0.05) is 0 Å². The fourth-order valence-corrected chi connectivity index (χ4v) is 2.82. The molecule has 17 heavy (non-hydrogen) atoms. The Balaban J connectivity index is 2.21. The van der Waals surface area contributed by atoms with Gasteiger partial charge in [0, 0.05) is 20.3 Å². The Bertz CT molecular complexity index is 320. The third kappa shape index (κ3) is 5.97. The van der Waals surface area contributed by atoms with Crippen molar-refractivity contribution in [1.82, 2.24) is 0 Å². The summed E-state index contributed by atoms with van der Waals surface area (Å²) in [5.74, 6) is 0. The first-order chi connectivity index (χ1) is 7.99. The van der Waals surface area contributed by atoms with Crippen molar-refractivity contribution in [3.8, 4) is 0 Å². The summed E-state index contributed by atoms with van der Waals surface area (Å²) in [4.78, 5) is 8.21. The molecule has 0 saturated carbocycles. The molecule has 0 aromatic carbocycles. The molecule has 12 heteroatoms. The first-order valence-corrected chi connectivity index (χ1v) is 7.70. The number of ether oxygens (including phenoxy) is 1. The Hall–Kier alpha value is 0.0600. The van der Waals surface area contributed by atoms with E-state index < -0.39 is 37.0 Å². The van der Waals surface area contributed by atoms with Gasteiger partial charge in [-0.15, -0.1) is 9.42 Å². The number of aliphatic hydroxyl groups excluding tert-OH is 1. The molecule has 0 amide bonds. The molecule has 96 valence electrons. The molecule has 0 radical (unpaired) electrons. The van der Waals surface area contributed by atoms with Crippen LogP contribution in [-0.4, -0.2) is 35.4 Å². The lowest BCUT2D eigenvalue weighted by atomic mass is 10.2. The van der Waals surface area contributed by atoms with Gasteiger partial charge in [0.2, 0.25) is 0 Å². The highest BCUT2D eigenvalue weighted by atomic mass is 31.2. The Morgan fingerprint density at radius 1 is 1.24 bits per heavy atom. The zero-order valence-corrected chi connectivity index (χ0v) is 11.1. The lowest BCUT2D eigenvalue weighted by Crippen LogP contribution is -2.25. The fraction of sp³-hybridized carbons (Fsp3) is 1.00. The first kappa shape index (κ1) is 15.1. The SMILES string of the molecule is O=[P+](O)O[P+](=O)O[P+](=O)OC[C@H]1OCC[C@@H]1O. The Morgan fingerprint density at radius 3 is 2.47 bits per heavy atom. The predicted octanol–water partition coefficient (Wildman–Crippen LogP) is 1.15. The average molecular weight is 307 g/mol. The molecule has 3 unspecified atom stereocenters. The molecule has 0 spiro atoms. The molecule has 5 atom stereocenters. The summed E-state index contributed by atoms with van der Waals surface area (Å²) in [5, 5.41) is 9.31. The standard InChI is InChI=1S/C5H9O9P3/c6-4-1-2-11-5(4)3-12-16(9)14-17(10)13-15(7)8/h4-6H,1-3H2/q+2/p+1/t4-,5+/m0/s1. The zero-order chi connectivity index (χ0) is 12.8. The van der Waals surface area contributed by atoms with E-state index in [0.717, 1.165) is 0 Å². The molecule has 1 aliphatic rings. The lowest BCUT2D eigenvalue weighted by Gasteiger charge is -2.07. The summed E-state index contributed by atoms with van der Waals surface area (Å²) in [5.41, 5.74) is 0. The fourth-order valence-electron chi connectivity index (χ4n) is 1.08. The van der Waals surface area contributed by atoms with E-state index in [1.54, 1.807) is 0 Å². The van der Waals surface area contributed by atoms with E-state index in [2.05, 4.69) is 13.1 Å². The van der Waals surface area contributed by atoms with Crippen LogP contribution in [0.2, 0.25) is 0 Å². The van der Waals surface area contributed by atoms with E-state index in [0.29, 0.717) is 13.0 Å². The topological polar surface area (TPSA) is 129 Å². The molecule has 1 rings (SSSR count). The summed E-state index contributed by atoms with van der Waals surface area (Å²) in [7, 11) is -8.87. The smallest absolute Gasteiger partial charge is 0.390 e. The van der Waals surface area contributed by atoms with E-state index in [1.807, 2.05) is 0 Å². The summed E-state index contributed by atoms with van der Waals surface area (Å²) in [6, 6.07) is 0. The number of hydrogen-bond donors (Lipinski definition) is 2. The van der Waals surface area contributed by atoms with Gasteiger partial charge in [-0.25, -0.2) is 0 Å². The number of aliphatic hydroxyl groups is 1. The minimum Gasteiger partial charge on any atom is -0.390 e. The second-order valence-electron chi connectivity index (χ2n) is 2.91. The Kier molecular flexibility index (Phi) is 6.66. The maximum absolute atomic E-state index is 11.0. The van der Waals surface area contributed by atoms with Gasteiger partial charge in [0.05, 0.1) is 6.10 Å². The second-order valence-corrected chi connectivity index (χ2v) is 5.84. The van der Waals surface area contributed by atoms with Crippen LogP contribution in [-0.2, 0) is 31.6 Å². The van der Waals surface area contributed by atoms with E-state index in [-0.39, 0.29) is 6.61 Å². The van der Waals surface area contributed by atoms with Crippen molar-refractivity contribution >= 4 is 24.8 Å². The van der Waals surface area contributed by atoms with Crippen molar-refractivity contribution in [2.24, 2.45) is 0 Å². The molecule has 9 nitrogen and oxygen atoms in total. The van der Waals surface area contributed by atoms with Gasteiger partial charge in [0.25, 0.3) is 0 Å². The largest absolute Gasteiger partial charge is 0.798 e. The van der Waals surface area contributed by atoms with Crippen molar-refractivity contribution in [2.45, 2.75) is 18.6 Å². The molecular weight excluding hydrogens is 297 g/mol. The lowest BCUT2D eigenvalue weighted by molar-refractivity contribution is 0.0107. The number of rotatable bonds is 7. The monoisotopic (exact) mass is 307 g/mol. The summed E-state index contributed by atoms with van der Waals surface area (Å²) < 4.78 is 49.5. The highest BCUT2D eigenvalue weighted by molar-refractivity contribution is 7.53. The number of hydrogen-bond acceptors (Lipinski definition) is 8. The van der Waals surface area contributed by atoms with Crippen molar-refractivity contribution in [3.05, 3.63) is 0 Å². The van der Waals surface area contributed by atoms with Crippen molar-refractivity contribution in [2.75, 3.05) is 13.2 Å². The maximum atomic E-state index is 11.0. The molecule has 1 fully saturated rings. The molecule has 0 bridgehead atoms. The van der Waals surface area contributed by atoms with Crippen LogP contribution in [0.25, 0.3) is 0 Å². The minimum absolute atomic E-state index is 0.204. The molecule has 1 saturated heterocycles. The predicted molar refractivity (Wildman–Crippen MR) is 53.5 cm³/mol. The van der Waals surface area contributed by atoms with Crippen LogP contribution in [0.1, 0.15) is 6.42 Å². The molecule has 1 heterocycles. The van der Waals surface area contributed by atoms with Gasteiger partial charge in [0.1, 0.15) is 12.7 Å². The second kappa shape index (κ2) is 7.48. The van der Waals surface area contributed by atoms with Crippen LogP contribution >= 0.6 is 24.8 Å². The van der Waals surface area contributed by atoms with Gasteiger partial charge in [-0.2, -0.15) is 0 Å². The van der Waals surface area contributed by atoms with Crippen LogP contribution in [0.15, 0.2) is 0 Å². The summed E-state index contributed by atoms with van der Waals surface area (Å²) in [6.45, 7) is 0.167. The van der Waals surface area contributed by atoms with Crippen LogP contribution in [0.4, 0.5) is 0 Å². The Labute approximate surface area is 98.9 Å². The van der Waals surface area contributed by atoms with Crippen molar-refractivity contribution < 1.29 is 41.6 Å². The third-order valence-corrected chi connectivity index (χ3v) is 4.31. The molecule has 0 aliphatic carbocycles.